The highest BCUT2D eigenvalue weighted by atomic mass is 32.2. The van der Waals surface area contributed by atoms with Gasteiger partial charge in [0.1, 0.15) is 11.8 Å². The molecule has 1 saturated heterocycles. The lowest BCUT2D eigenvalue weighted by molar-refractivity contribution is -0.683. The van der Waals surface area contributed by atoms with Gasteiger partial charge in [-0.3, -0.25) is 0 Å². The fourth-order valence-corrected chi connectivity index (χ4v) is 4.53. The minimum Gasteiger partial charge on any atom is -0.343 e. The Bertz CT molecular complexity index is 441. The van der Waals surface area contributed by atoms with E-state index in [0.29, 0.717) is 11.5 Å². The molecule has 1 fully saturated rings. The van der Waals surface area contributed by atoms with Crippen molar-refractivity contribution < 1.29 is 13.7 Å². The van der Waals surface area contributed by atoms with Gasteiger partial charge in [0.2, 0.25) is 0 Å². The first-order valence-electron chi connectivity index (χ1n) is 5.71. The number of hydrogen-bond donors (Lipinski definition) is 1. The van der Waals surface area contributed by atoms with E-state index in [2.05, 4.69) is 12.2 Å². The number of nitrogens with two attached hydrogens (primary N) is 1. The van der Waals surface area contributed by atoms with Crippen LogP contribution in [-0.2, 0) is 9.84 Å². The van der Waals surface area contributed by atoms with Crippen molar-refractivity contribution in [1.82, 2.24) is 0 Å². The maximum atomic E-state index is 11.7. The molecule has 2 rings (SSSR count). The molecule has 88 valence electrons. The fraction of sp³-hybridized carbons (Fsp3) is 0.500. The van der Waals surface area contributed by atoms with Crippen molar-refractivity contribution in [3.05, 3.63) is 35.9 Å². The minimum absolute atomic E-state index is 0.158. The molecule has 3 nitrogen and oxygen atoms in total. The Morgan fingerprint density at radius 2 is 1.94 bits per heavy atom. The first-order chi connectivity index (χ1) is 7.62. The van der Waals surface area contributed by atoms with Crippen LogP contribution in [0.3, 0.4) is 0 Å². The highest BCUT2D eigenvalue weighted by molar-refractivity contribution is 7.91. The van der Waals surface area contributed by atoms with E-state index < -0.39 is 9.84 Å². The van der Waals surface area contributed by atoms with E-state index in [-0.39, 0.29) is 12.0 Å². The molecule has 0 saturated carbocycles. The quantitative estimate of drug-likeness (QED) is 0.817. The first kappa shape index (κ1) is 11.6. The molecule has 0 aliphatic carbocycles. The van der Waals surface area contributed by atoms with Crippen LogP contribution in [0.2, 0.25) is 0 Å². The summed E-state index contributed by atoms with van der Waals surface area (Å²) in [7, 11) is -2.85. The smallest absolute Gasteiger partial charge is 0.156 e. The molecule has 1 aliphatic heterocycles. The molecule has 0 amide bonds. The van der Waals surface area contributed by atoms with Crippen molar-refractivity contribution in [3.63, 3.8) is 0 Å². The third-order valence-electron chi connectivity index (χ3n) is 3.16. The van der Waals surface area contributed by atoms with E-state index in [0.717, 1.165) is 12.1 Å². The molecule has 1 aromatic rings. The molecule has 2 N–H and O–H groups in total. The zero-order valence-corrected chi connectivity index (χ0v) is 10.3. The van der Waals surface area contributed by atoms with Crippen LogP contribution in [0.4, 0.5) is 0 Å². The maximum absolute atomic E-state index is 11.7. The van der Waals surface area contributed by atoms with Crippen LogP contribution in [0.1, 0.15) is 18.4 Å². The van der Waals surface area contributed by atoms with Gasteiger partial charge in [-0.25, -0.2) is 8.42 Å². The summed E-state index contributed by atoms with van der Waals surface area (Å²) in [5.74, 6) is 0.782. The van der Waals surface area contributed by atoms with Gasteiger partial charge >= 0.3 is 0 Å². The molecule has 0 spiro atoms. The number of quaternary nitrogens is 1. The van der Waals surface area contributed by atoms with Crippen molar-refractivity contribution in [2.24, 2.45) is 0 Å². The second-order valence-electron chi connectivity index (χ2n) is 4.40. The highest BCUT2D eigenvalue weighted by Gasteiger charge is 2.40. The molecule has 0 unspecified atom stereocenters. The van der Waals surface area contributed by atoms with Gasteiger partial charge < -0.3 is 5.32 Å². The molecule has 1 aromatic carbocycles. The summed E-state index contributed by atoms with van der Waals surface area (Å²) in [4.78, 5) is 0. The number of benzene rings is 1. The summed E-state index contributed by atoms with van der Waals surface area (Å²) in [5.41, 5.74) is 1.15. The Labute approximate surface area is 96.8 Å². The van der Waals surface area contributed by atoms with Crippen LogP contribution in [0.15, 0.2) is 30.3 Å². The predicted octanol–water partition coefficient (Wildman–Crippen LogP) is 0.151. The van der Waals surface area contributed by atoms with Crippen molar-refractivity contribution in [2.45, 2.75) is 18.9 Å². The first-order valence-corrected chi connectivity index (χ1v) is 7.53. The summed E-state index contributed by atoms with van der Waals surface area (Å²) in [5, 5.41) is 2.14. The molecule has 2 atom stereocenters. The van der Waals surface area contributed by atoms with Crippen LogP contribution in [0, 0.1) is 0 Å². The van der Waals surface area contributed by atoms with Gasteiger partial charge in [0.25, 0.3) is 0 Å². The largest absolute Gasteiger partial charge is 0.343 e. The van der Waals surface area contributed by atoms with Crippen molar-refractivity contribution in [2.75, 3.05) is 18.1 Å². The Balaban J connectivity index is 2.26. The molecule has 0 radical (unpaired) electrons. The average Bonchev–Trinajstić information content (AvgIpc) is 2.56. The van der Waals surface area contributed by atoms with Gasteiger partial charge in [-0.05, 0) is 12.5 Å². The van der Waals surface area contributed by atoms with Crippen LogP contribution in [0.5, 0.6) is 0 Å². The third-order valence-corrected chi connectivity index (χ3v) is 4.92. The molecular formula is C12H18NO2S+. The Morgan fingerprint density at radius 3 is 2.56 bits per heavy atom. The summed E-state index contributed by atoms with van der Waals surface area (Å²) in [6.07, 6.45) is 0. The lowest BCUT2D eigenvalue weighted by Gasteiger charge is -2.15. The number of likely N-dealkylation sites (N-methyl/N-ethyl adjacent to an activating group) is 1. The van der Waals surface area contributed by atoms with Gasteiger partial charge in [0.15, 0.2) is 9.84 Å². The third kappa shape index (κ3) is 2.44. The molecule has 16 heavy (non-hydrogen) atoms. The SMILES string of the molecule is CC[NH2+][C@@H]1CS(=O)(=O)C[C@@H]1c1ccccc1. The fourth-order valence-electron chi connectivity index (χ4n) is 2.45. The van der Waals surface area contributed by atoms with Crippen LogP contribution in [-0.4, -0.2) is 32.5 Å². The zero-order valence-electron chi connectivity index (χ0n) is 9.46. The highest BCUT2D eigenvalue weighted by Crippen LogP contribution is 2.27. The lowest BCUT2D eigenvalue weighted by Crippen LogP contribution is -2.91. The van der Waals surface area contributed by atoms with E-state index in [4.69, 9.17) is 0 Å². The monoisotopic (exact) mass is 240 g/mol. The van der Waals surface area contributed by atoms with Crippen molar-refractivity contribution >= 4 is 9.84 Å². The molecule has 0 bridgehead atoms. The van der Waals surface area contributed by atoms with E-state index in [1.165, 1.54) is 0 Å². The second kappa shape index (κ2) is 4.55. The van der Waals surface area contributed by atoms with Gasteiger partial charge in [-0.15, -0.1) is 0 Å². The number of sulfone groups is 1. The lowest BCUT2D eigenvalue weighted by atomic mass is 9.94. The van der Waals surface area contributed by atoms with E-state index in [1.54, 1.807) is 0 Å². The summed E-state index contributed by atoms with van der Waals surface area (Å²) < 4.78 is 23.4. The summed E-state index contributed by atoms with van der Waals surface area (Å²) in [6.45, 7) is 3.00. The Morgan fingerprint density at radius 1 is 1.25 bits per heavy atom. The van der Waals surface area contributed by atoms with Gasteiger partial charge in [-0.1, -0.05) is 30.3 Å². The normalized spacial score (nSPS) is 28.1. The molecule has 4 heteroatoms. The summed E-state index contributed by atoms with van der Waals surface area (Å²) in [6, 6.07) is 10.2. The van der Waals surface area contributed by atoms with E-state index >= 15 is 0 Å². The average molecular weight is 240 g/mol. The topological polar surface area (TPSA) is 50.8 Å². The Hall–Kier alpha value is -0.870. The predicted molar refractivity (Wildman–Crippen MR) is 64.1 cm³/mol. The Kier molecular flexibility index (Phi) is 3.30. The van der Waals surface area contributed by atoms with Crippen LogP contribution >= 0.6 is 0 Å². The molecular weight excluding hydrogens is 222 g/mol. The second-order valence-corrected chi connectivity index (χ2v) is 6.56. The van der Waals surface area contributed by atoms with E-state index in [9.17, 15) is 8.42 Å². The number of hydrogen-bond acceptors (Lipinski definition) is 2. The zero-order chi connectivity index (χ0) is 11.6. The van der Waals surface area contributed by atoms with Gasteiger partial charge in [-0.2, -0.15) is 0 Å². The minimum atomic E-state index is -2.85. The van der Waals surface area contributed by atoms with E-state index in [1.807, 2.05) is 30.3 Å². The van der Waals surface area contributed by atoms with Crippen molar-refractivity contribution in [3.8, 4) is 0 Å². The molecule has 0 aromatic heterocycles. The maximum Gasteiger partial charge on any atom is 0.156 e. The number of rotatable bonds is 3. The summed E-state index contributed by atoms with van der Waals surface area (Å²) >= 11 is 0. The van der Waals surface area contributed by atoms with Gasteiger partial charge in [0.05, 0.1) is 18.2 Å². The van der Waals surface area contributed by atoms with Crippen LogP contribution < -0.4 is 5.32 Å². The van der Waals surface area contributed by atoms with Crippen LogP contribution in [0.25, 0.3) is 0 Å². The van der Waals surface area contributed by atoms with Gasteiger partial charge in [0, 0.05) is 0 Å². The molecule has 1 heterocycles. The molecule has 1 aliphatic rings. The standard InChI is InChI=1S/C12H17NO2S/c1-2-13-12-9-16(14,15)8-11(12)10-6-4-3-5-7-10/h3-7,11-13H,2,8-9H2,1H3/p+1/t11-,12-/m1/s1. The van der Waals surface area contributed by atoms with Crippen molar-refractivity contribution in [1.29, 1.82) is 0 Å².